The summed E-state index contributed by atoms with van der Waals surface area (Å²) >= 11 is 12.3. The first-order chi connectivity index (χ1) is 12.0. The monoisotopic (exact) mass is 375 g/mol. The lowest BCUT2D eigenvalue weighted by Gasteiger charge is -2.18. The second-order valence-corrected chi connectivity index (χ2v) is 6.25. The van der Waals surface area contributed by atoms with E-state index < -0.39 is 0 Å². The number of fused-ring (bicyclic) bond motifs is 1. The number of halogens is 2. The fourth-order valence-electron chi connectivity index (χ4n) is 2.38. The molecule has 3 rings (SSSR count). The van der Waals surface area contributed by atoms with Gasteiger partial charge in [-0.2, -0.15) is 0 Å². The number of para-hydroxylation sites is 1. The van der Waals surface area contributed by atoms with Crippen molar-refractivity contribution in [3.05, 3.63) is 62.9 Å². The third kappa shape index (κ3) is 3.45. The van der Waals surface area contributed by atoms with E-state index >= 15 is 0 Å². The molecule has 1 heterocycles. The van der Waals surface area contributed by atoms with Crippen LogP contribution in [0.3, 0.4) is 0 Å². The van der Waals surface area contributed by atoms with Crippen molar-refractivity contribution in [1.29, 1.82) is 5.41 Å². The van der Waals surface area contributed by atoms with Crippen LogP contribution < -0.4 is 10.9 Å². The van der Waals surface area contributed by atoms with Crippen molar-refractivity contribution in [2.45, 2.75) is 0 Å². The highest BCUT2D eigenvalue weighted by Crippen LogP contribution is 2.26. The van der Waals surface area contributed by atoms with Gasteiger partial charge in [-0.1, -0.05) is 35.3 Å². The molecular weight excluding hydrogens is 361 g/mol. The van der Waals surface area contributed by atoms with Crippen LogP contribution in [0.25, 0.3) is 16.6 Å². The zero-order valence-corrected chi connectivity index (χ0v) is 14.8. The van der Waals surface area contributed by atoms with Crippen molar-refractivity contribution in [2.24, 2.45) is 0 Å². The molecule has 0 aliphatic rings. The quantitative estimate of drug-likeness (QED) is 0.405. The van der Waals surface area contributed by atoms with Crippen LogP contribution in [0.15, 0.2) is 47.3 Å². The Morgan fingerprint density at radius 1 is 1.28 bits per heavy atom. The predicted octanol–water partition coefficient (Wildman–Crippen LogP) is 3.60. The second-order valence-electron chi connectivity index (χ2n) is 5.41. The van der Waals surface area contributed by atoms with Crippen molar-refractivity contribution in [3.8, 4) is 5.69 Å². The maximum atomic E-state index is 13.0. The fraction of sp³-hybridized carbons (Fsp3) is 0.118. The molecule has 2 N–H and O–H groups in total. The molecule has 0 spiro atoms. The van der Waals surface area contributed by atoms with Gasteiger partial charge >= 0.3 is 0 Å². The minimum absolute atomic E-state index is 0.241. The van der Waals surface area contributed by atoms with Crippen LogP contribution >= 0.6 is 23.2 Å². The SMILES string of the molecule is CN(C=N)CNc1nc2ccccc2c(=O)n1-c1ccc(Cl)cc1Cl. The van der Waals surface area contributed by atoms with Crippen LogP contribution in [-0.2, 0) is 0 Å². The van der Waals surface area contributed by atoms with Gasteiger partial charge in [0.05, 0.1) is 34.6 Å². The fourth-order valence-corrected chi connectivity index (χ4v) is 2.87. The third-order valence-corrected chi connectivity index (χ3v) is 4.17. The molecule has 3 aromatic rings. The molecule has 2 aromatic carbocycles. The van der Waals surface area contributed by atoms with Crippen molar-refractivity contribution < 1.29 is 0 Å². The van der Waals surface area contributed by atoms with Crippen molar-refractivity contribution in [2.75, 3.05) is 19.0 Å². The molecule has 128 valence electrons. The summed E-state index contributed by atoms with van der Waals surface area (Å²) in [7, 11) is 1.73. The van der Waals surface area contributed by atoms with Gasteiger partial charge in [0.1, 0.15) is 0 Å². The van der Waals surface area contributed by atoms with Crippen molar-refractivity contribution >= 4 is 46.4 Å². The zero-order chi connectivity index (χ0) is 18.0. The van der Waals surface area contributed by atoms with Gasteiger partial charge in [-0.3, -0.25) is 10.2 Å². The van der Waals surface area contributed by atoms with E-state index in [1.54, 1.807) is 48.3 Å². The number of rotatable bonds is 5. The summed E-state index contributed by atoms with van der Waals surface area (Å²) in [6.45, 7) is 0.305. The number of hydrogen-bond acceptors (Lipinski definition) is 4. The number of hydrogen-bond donors (Lipinski definition) is 2. The summed E-state index contributed by atoms with van der Waals surface area (Å²) in [5.41, 5.74) is 0.818. The number of nitrogens with zero attached hydrogens (tertiary/aromatic N) is 3. The average molecular weight is 376 g/mol. The summed E-state index contributed by atoms with van der Waals surface area (Å²) in [6, 6.07) is 12.0. The second kappa shape index (κ2) is 7.13. The Bertz CT molecular complexity index is 1000. The third-order valence-electron chi connectivity index (χ3n) is 3.63. The van der Waals surface area contributed by atoms with E-state index in [1.165, 1.54) is 10.9 Å². The van der Waals surface area contributed by atoms with Crippen LogP contribution in [0.1, 0.15) is 0 Å². The summed E-state index contributed by atoms with van der Waals surface area (Å²) in [6.07, 6.45) is 1.17. The van der Waals surface area contributed by atoms with Crippen LogP contribution in [0, 0.1) is 5.41 Å². The number of aromatic nitrogens is 2. The van der Waals surface area contributed by atoms with E-state index in [4.69, 9.17) is 28.6 Å². The smallest absolute Gasteiger partial charge is 0.267 e. The Morgan fingerprint density at radius 3 is 2.76 bits per heavy atom. The molecule has 8 heteroatoms. The van der Waals surface area contributed by atoms with Crippen molar-refractivity contribution in [1.82, 2.24) is 14.5 Å². The minimum Gasteiger partial charge on any atom is -0.349 e. The van der Waals surface area contributed by atoms with Gasteiger partial charge in [-0.05, 0) is 30.3 Å². The van der Waals surface area contributed by atoms with E-state index in [0.717, 1.165) is 0 Å². The summed E-state index contributed by atoms with van der Waals surface area (Å²) in [5.74, 6) is 0.335. The molecule has 0 aliphatic heterocycles. The molecule has 0 unspecified atom stereocenters. The Hall–Kier alpha value is -2.57. The minimum atomic E-state index is -0.241. The molecule has 25 heavy (non-hydrogen) atoms. The normalized spacial score (nSPS) is 10.7. The molecule has 0 saturated heterocycles. The molecule has 0 radical (unpaired) electrons. The van der Waals surface area contributed by atoms with Gasteiger partial charge in [0.25, 0.3) is 5.56 Å². The molecule has 0 bridgehead atoms. The lowest BCUT2D eigenvalue weighted by atomic mass is 10.2. The topological polar surface area (TPSA) is 74.0 Å². The first kappa shape index (κ1) is 17.3. The van der Waals surface area contributed by atoms with E-state index in [2.05, 4.69) is 10.3 Å². The summed E-state index contributed by atoms with van der Waals surface area (Å²) < 4.78 is 1.42. The summed E-state index contributed by atoms with van der Waals surface area (Å²) in [4.78, 5) is 19.2. The van der Waals surface area contributed by atoms with E-state index in [0.29, 0.717) is 39.3 Å². The predicted molar refractivity (Wildman–Crippen MR) is 102 cm³/mol. The van der Waals surface area contributed by atoms with Gasteiger partial charge in [0.15, 0.2) is 0 Å². The van der Waals surface area contributed by atoms with Gasteiger partial charge in [0, 0.05) is 12.1 Å². The van der Waals surface area contributed by atoms with Crippen LogP contribution in [0.2, 0.25) is 10.0 Å². The first-order valence-corrected chi connectivity index (χ1v) is 8.19. The molecule has 0 aliphatic carbocycles. The van der Waals surface area contributed by atoms with Gasteiger partial charge in [0.2, 0.25) is 5.95 Å². The van der Waals surface area contributed by atoms with Crippen LogP contribution in [0.4, 0.5) is 5.95 Å². The lowest BCUT2D eigenvalue weighted by Crippen LogP contribution is -2.29. The molecule has 0 fully saturated rings. The number of anilines is 1. The van der Waals surface area contributed by atoms with Crippen molar-refractivity contribution in [3.63, 3.8) is 0 Å². The number of benzene rings is 2. The number of nitrogens with one attached hydrogen (secondary N) is 2. The molecule has 0 atom stereocenters. The highest BCUT2D eigenvalue weighted by Gasteiger charge is 2.15. The molecular formula is C17H15Cl2N5O. The first-order valence-electron chi connectivity index (χ1n) is 7.43. The van der Waals surface area contributed by atoms with Gasteiger partial charge < -0.3 is 10.2 Å². The van der Waals surface area contributed by atoms with Crippen LogP contribution in [0.5, 0.6) is 0 Å². The Kier molecular flexibility index (Phi) is 4.92. The largest absolute Gasteiger partial charge is 0.349 e. The Balaban J connectivity index is 2.24. The summed E-state index contributed by atoms with van der Waals surface area (Å²) in [5, 5.41) is 11.6. The highest BCUT2D eigenvalue weighted by atomic mass is 35.5. The maximum absolute atomic E-state index is 13.0. The lowest BCUT2D eigenvalue weighted by molar-refractivity contribution is 0.552. The molecule has 6 nitrogen and oxygen atoms in total. The Morgan fingerprint density at radius 2 is 2.04 bits per heavy atom. The molecule has 1 aromatic heterocycles. The van der Waals surface area contributed by atoms with E-state index in [9.17, 15) is 4.79 Å². The Labute approximate surface area is 154 Å². The maximum Gasteiger partial charge on any atom is 0.267 e. The highest BCUT2D eigenvalue weighted by molar-refractivity contribution is 6.35. The molecule has 0 saturated carbocycles. The van der Waals surface area contributed by atoms with E-state index in [1.807, 2.05) is 6.07 Å². The standard InChI is InChI=1S/C17H15Cl2N5O/c1-23(9-20)10-21-17-22-14-5-3-2-4-12(14)16(25)24(17)15-7-6-11(18)8-13(15)19/h2-9,20H,10H2,1H3,(H,21,22). The molecule has 0 amide bonds. The van der Waals surface area contributed by atoms with E-state index in [-0.39, 0.29) is 5.56 Å². The zero-order valence-electron chi connectivity index (χ0n) is 13.3. The van der Waals surface area contributed by atoms with Crippen LogP contribution in [-0.4, -0.2) is 34.5 Å². The average Bonchev–Trinajstić information content (AvgIpc) is 2.61. The van der Waals surface area contributed by atoms with Gasteiger partial charge in [-0.15, -0.1) is 0 Å². The van der Waals surface area contributed by atoms with Gasteiger partial charge in [-0.25, -0.2) is 9.55 Å².